The maximum Gasteiger partial charge on any atom is 0.195 e. The maximum absolute atomic E-state index is 13.3. The van der Waals surface area contributed by atoms with Gasteiger partial charge in [-0.2, -0.15) is 0 Å². The molecule has 3 aromatic carbocycles. The van der Waals surface area contributed by atoms with Crippen LogP contribution in [0.5, 0.6) is 0 Å². The summed E-state index contributed by atoms with van der Waals surface area (Å²) in [6.45, 7) is 0. The molecule has 124 valence electrons. The number of carbonyl (C=O) groups is 1. The van der Waals surface area contributed by atoms with Gasteiger partial charge in [0.1, 0.15) is 5.82 Å². The minimum absolute atomic E-state index is 0.0998. The van der Waals surface area contributed by atoms with Crippen LogP contribution in [0.4, 0.5) is 15.8 Å². The average molecular weight is 350 g/mol. The van der Waals surface area contributed by atoms with Crippen LogP contribution in [0.1, 0.15) is 15.9 Å². The molecule has 3 rings (SSSR count). The molecule has 0 unspecified atom stereocenters. The molecule has 0 bridgehead atoms. The van der Waals surface area contributed by atoms with Gasteiger partial charge >= 0.3 is 0 Å². The van der Waals surface area contributed by atoms with Crippen molar-refractivity contribution in [3.8, 4) is 0 Å². The van der Waals surface area contributed by atoms with E-state index in [1.807, 2.05) is 24.3 Å². The van der Waals surface area contributed by atoms with E-state index >= 15 is 0 Å². The predicted molar refractivity (Wildman–Crippen MR) is 103 cm³/mol. The third-order valence-electron chi connectivity index (χ3n) is 3.54. The Morgan fingerprint density at radius 2 is 1.56 bits per heavy atom. The Kier molecular flexibility index (Phi) is 5.16. The van der Waals surface area contributed by atoms with Gasteiger partial charge in [0.25, 0.3) is 0 Å². The number of halogens is 1. The molecular formula is C20H15FN2OS. The van der Waals surface area contributed by atoms with Gasteiger partial charge < -0.3 is 10.6 Å². The summed E-state index contributed by atoms with van der Waals surface area (Å²) in [5.41, 5.74) is 2.23. The molecule has 5 heteroatoms. The first-order valence-electron chi connectivity index (χ1n) is 7.66. The van der Waals surface area contributed by atoms with Crippen LogP contribution in [-0.2, 0) is 0 Å². The molecule has 0 aliphatic rings. The van der Waals surface area contributed by atoms with Crippen LogP contribution in [0.2, 0.25) is 0 Å². The zero-order valence-electron chi connectivity index (χ0n) is 13.2. The highest BCUT2D eigenvalue weighted by atomic mass is 32.1. The number of hydrogen-bond donors (Lipinski definition) is 2. The largest absolute Gasteiger partial charge is 0.332 e. The first-order valence-corrected chi connectivity index (χ1v) is 8.06. The Morgan fingerprint density at radius 3 is 2.32 bits per heavy atom. The molecule has 0 radical (unpaired) electrons. The molecule has 0 aliphatic heterocycles. The fourth-order valence-electron chi connectivity index (χ4n) is 2.39. The van der Waals surface area contributed by atoms with Crippen LogP contribution in [0.15, 0.2) is 78.9 Å². The highest BCUT2D eigenvalue weighted by Crippen LogP contribution is 2.20. The first kappa shape index (κ1) is 16.8. The van der Waals surface area contributed by atoms with Crippen LogP contribution >= 0.6 is 12.2 Å². The van der Waals surface area contributed by atoms with E-state index in [0.717, 1.165) is 0 Å². The monoisotopic (exact) mass is 350 g/mol. The van der Waals surface area contributed by atoms with E-state index < -0.39 is 0 Å². The highest BCUT2D eigenvalue weighted by molar-refractivity contribution is 7.80. The summed E-state index contributed by atoms with van der Waals surface area (Å²) in [7, 11) is 0. The van der Waals surface area contributed by atoms with Gasteiger partial charge in [0.2, 0.25) is 0 Å². The van der Waals surface area contributed by atoms with Crippen LogP contribution in [-0.4, -0.2) is 10.9 Å². The smallest absolute Gasteiger partial charge is 0.195 e. The first-order chi connectivity index (χ1) is 12.1. The van der Waals surface area contributed by atoms with Gasteiger partial charge in [-0.3, -0.25) is 4.79 Å². The number of carbonyl (C=O) groups excluding carboxylic acids is 1. The second-order valence-electron chi connectivity index (χ2n) is 5.33. The van der Waals surface area contributed by atoms with Crippen molar-refractivity contribution in [2.24, 2.45) is 0 Å². The summed E-state index contributed by atoms with van der Waals surface area (Å²) < 4.78 is 13.3. The van der Waals surface area contributed by atoms with E-state index in [4.69, 9.17) is 12.2 Å². The molecule has 0 aliphatic carbocycles. The highest BCUT2D eigenvalue weighted by Gasteiger charge is 2.13. The second kappa shape index (κ2) is 7.68. The number of nitrogens with one attached hydrogen (secondary N) is 2. The molecule has 0 saturated carbocycles. The molecule has 0 fully saturated rings. The minimum atomic E-state index is -0.354. The Hall–Kier alpha value is -3.05. The summed E-state index contributed by atoms with van der Waals surface area (Å²) in [6.07, 6.45) is 0. The molecule has 0 aromatic heterocycles. The second-order valence-corrected chi connectivity index (χ2v) is 5.74. The van der Waals surface area contributed by atoms with Crippen molar-refractivity contribution in [3.05, 3.63) is 95.8 Å². The Morgan fingerprint density at radius 1 is 0.840 bits per heavy atom. The van der Waals surface area contributed by atoms with Crippen LogP contribution in [0, 0.1) is 5.82 Å². The van der Waals surface area contributed by atoms with Crippen LogP contribution < -0.4 is 10.6 Å². The van der Waals surface area contributed by atoms with E-state index in [-0.39, 0.29) is 16.7 Å². The molecule has 0 atom stereocenters. The van der Waals surface area contributed by atoms with Crippen molar-refractivity contribution in [2.75, 3.05) is 10.6 Å². The lowest BCUT2D eigenvalue weighted by Gasteiger charge is -2.13. The lowest BCUT2D eigenvalue weighted by molar-refractivity contribution is 0.103. The Bertz CT molecular complexity index is 912. The molecule has 0 saturated heterocycles. The number of thiocarbonyl (C=S) groups is 1. The van der Waals surface area contributed by atoms with Gasteiger partial charge in [-0.15, -0.1) is 0 Å². The molecule has 0 heterocycles. The van der Waals surface area contributed by atoms with Gasteiger partial charge in [-0.25, -0.2) is 4.39 Å². The van der Waals surface area contributed by atoms with Crippen molar-refractivity contribution in [1.29, 1.82) is 0 Å². The number of anilines is 2. The fourth-order valence-corrected chi connectivity index (χ4v) is 2.61. The van der Waals surface area contributed by atoms with Crippen molar-refractivity contribution in [1.82, 2.24) is 0 Å². The van der Waals surface area contributed by atoms with Crippen molar-refractivity contribution in [2.45, 2.75) is 0 Å². The molecule has 0 spiro atoms. The Labute approximate surface area is 150 Å². The zero-order valence-corrected chi connectivity index (χ0v) is 14.0. The van der Waals surface area contributed by atoms with Gasteiger partial charge in [0.15, 0.2) is 10.9 Å². The maximum atomic E-state index is 13.3. The number of rotatable bonds is 4. The van der Waals surface area contributed by atoms with Gasteiger partial charge in [-0.05, 0) is 42.5 Å². The average Bonchev–Trinajstić information content (AvgIpc) is 2.62. The third-order valence-corrected chi connectivity index (χ3v) is 3.74. The van der Waals surface area contributed by atoms with Gasteiger partial charge in [0, 0.05) is 16.8 Å². The van der Waals surface area contributed by atoms with E-state index in [0.29, 0.717) is 22.5 Å². The SMILES string of the molecule is O=C(c1ccccc1)c1ccccc1NC(=S)Nc1cccc(F)c1. The zero-order chi connectivity index (χ0) is 17.6. The number of ketones is 1. The lowest BCUT2D eigenvalue weighted by atomic mass is 10.0. The summed E-state index contributed by atoms with van der Waals surface area (Å²) in [6, 6.07) is 22.1. The molecule has 0 amide bonds. The number of para-hydroxylation sites is 1. The summed E-state index contributed by atoms with van der Waals surface area (Å²) >= 11 is 5.27. The van der Waals surface area contributed by atoms with E-state index in [2.05, 4.69) is 10.6 Å². The number of benzene rings is 3. The molecule has 2 N–H and O–H groups in total. The van der Waals surface area contributed by atoms with E-state index in [1.54, 1.807) is 42.5 Å². The predicted octanol–water partition coefficient (Wildman–Crippen LogP) is 4.87. The number of hydrogen-bond acceptors (Lipinski definition) is 2. The van der Waals surface area contributed by atoms with Crippen LogP contribution in [0.25, 0.3) is 0 Å². The standard InChI is InChI=1S/C20H15FN2OS/c21-15-9-6-10-16(13-15)22-20(25)23-18-12-5-4-11-17(18)19(24)14-7-2-1-3-8-14/h1-13H,(H2,22,23,25). The fraction of sp³-hybridized carbons (Fsp3) is 0. The molecule has 3 nitrogen and oxygen atoms in total. The van der Waals surface area contributed by atoms with Crippen molar-refractivity contribution < 1.29 is 9.18 Å². The molecular weight excluding hydrogens is 335 g/mol. The summed E-state index contributed by atoms with van der Waals surface area (Å²) in [5, 5.41) is 6.19. The summed E-state index contributed by atoms with van der Waals surface area (Å²) in [4.78, 5) is 12.7. The van der Waals surface area contributed by atoms with Gasteiger partial charge in [0.05, 0.1) is 5.69 Å². The topological polar surface area (TPSA) is 41.1 Å². The van der Waals surface area contributed by atoms with Crippen molar-refractivity contribution >= 4 is 34.5 Å². The van der Waals surface area contributed by atoms with Crippen LogP contribution in [0.3, 0.4) is 0 Å². The lowest BCUT2D eigenvalue weighted by Crippen LogP contribution is -2.20. The van der Waals surface area contributed by atoms with E-state index in [9.17, 15) is 9.18 Å². The third kappa shape index (κ3) is 4.28. The normalized spacial score (nSPS) is 10.1. The minimum Gasteiger partial charge on any atom is -0.332 e. The quantitative estimate of drug-likeness (QED) is 0.520. The van der Waals surface area contributed by atoms with Crippen molar-refractivity contribution in [3.63, 3.8) is 0 Å². The molecule has 3 aromatic rings. The van der Waals surface area contributed by atoms with Gasteiger partial charge in [-0.1, -0.05) is 48.5 Å². The molecule has 25 heavy (non-hydrogen) atoms. The van der Waals surface area contributed by atoms with E-state index in [1.165, 1.54) is 12.1 Å². The summed E-state index contributed by atoms with van der Waals surface area (Å²) in [5.74, 6) is -0.454. The Balaban J connectivity index is 1.79.